The fourth-order valence-electron chi connectivity index (χ4n) is 2.91. The lowest BCUT2D eigenvalue weighted by Crippen LogP contribution is -2.26. The van der Waals surface area contributed by atoms with E-state index < -0.39 is 0 Å². The molecule has 0 saturated carbocycles. The molecule has 0 bridgehead atoms. The molecule has 1 aromatic carbocycles. The van der Waals surface area contributed by atoms with Gasteiger partial charge >= 0.3 is 0 Å². The number of thiazole rings is 1. The topological polar surface area (TPSA) is 86.2 Å². The zero-order valence-electron chi connectivity index (χ0n) is 18.3. The minimum atomic E-state index is -0.213. The number of carbonyl (C=O) groups excluding carboxylic acids is 1. The number of ether oxygens (including phenoxy) is 2. The zero-order valence-corrected chi connectivity index (χ0v) is 19.2. The van der Waals surface area contributed by atoms with Gasteiger partial charge in [-0.25, -0.2) is 15.0 Å². The van der Waals surface area contributed by atoms with Crippen LogP contribution in [0.4, 0.5) is 0 Å². The molecule has 1 atom stereocenters. The molecule has 0 radical (unpaired) electrons. The second kappa shape index (κ2) is 10.9. The Balaban J connectivity index is 1.75. The number of nitrogens with zero attached hydrogens (tertiary/aromatic N) is 3. The van der Waals surface area contributed by atoms with E-state index in [1.807, 2.05) is 32.0 Å². The van der Waals surface area contributed by atoms with Crippen LogP contribution in [0, 0.1) is 6.92 Å². The molecule has 2 heterocycles. The molecule has 0 fully saturated rings. The molecule has 0 aliphatic rings. The average molecular weight is 441 g/mol. The van der Waals surface area contributed by atoms with E-state index in [1.54, 1.807) is 18.5 Å². The van der Waals surface area contributed by atoms with Gasteiger partial charge in [0.1, 0.15) is 4.88 Å². The van der Waals surface area contributed by atoms with Gasteiger partial charge < -0.3 is 14.8 Å². The maximum Gasteiger partial charge on any atom is 0.263 e. The van der Waals surface area contributed by atoms with E-state index in [2.05, 4.69) is 34.1 Å². The lowest BCUT2D eigenvalue weighted by Gasteiger charge is -2.18. The molecule has 2 aromatic heterocycles. The predicted molar refractivity (Wildman–Crippen MR) is 122 cm³/mol. The Morgan fingerprint density at radius 2 is 1.77 bits per heavy atom. The number of hydrogen-bond acceptors (Lipinski definition) is 7. The third kappa shape index (κ3) is 5.79. The third-order valence-electron chi connectivity index (χ3n) is 4.50. The molecule has 7 nitrogen and oxygen atoms in total. The molecule has 0 unspecified atom stereocenters. The van der Waals surface area contributed by atoms with E-state index in [0.717, 1.165) is 24.2 Å². The number of amides is 1. The summed E-state index contributed by atoms with van der Waals surface area (Å²) in [5.74, 6) is 1.77. The molecule has 0 aliphatic heterocycles. The van der Waals surface area contributed by atoms with Gasteiger partial charge in [0.15, 0.2) is 22.3 Å². The summed E-state index contributed by atoms with van der Waals surface area (Å²) in [6, 6.07) is 7.33. The van der Waals surface area contributed by atoms with Gasteiger partial charge in [0, 0.05) is 12.4 Å². The monoisotopic (exact) mass is 440 g/mol. The Morgan fingerprint density at radius 3 is 2.45 bits per heavy atom. The highest BCUT2D eigenvalue weighted by atomic mass is 32.1. The Hall–Kier alpha value is -3.00. The number of carbonyl (C=O) groups is 1. The van der Waals surface area contributed by atoms with Gasteiger partial charge in [-0.15, -0.1) is 11.3 Å². The Labute approximate surface area is 186 Å². The van der Waals surface area contributed by atoms with E-state index in [9.17, 15) is 4.79 Å². The molecule has 31 heavy (non-hydrogen) atoms. The van der Waals surface area contributed by atoms with Crippen molar-refractivity contribution >= 4 is 17.2 Å². The lowest BCUT2D eigenvalue weighted by atomic mass is 10.1. The summed E-state index contributed by atoms with van der Waals surface area (Å²) < 4.78 is 11.7. The second-order valence-corrected chi connectivity index (χ2v) is 8.10. The molecule has 164 valence electrons. The van der Waals surface area contributed by atoms with Crippen LogP contribution in [0.1, 0.15) is 60.6 Å². The van der Waals surface area contributed by atoms with E-state index in [1.165, 1.54) is 11.3 Å². The maximum absolute atomic E-state index is 12.9. The van der Waals surface area contributed by atoms with Crippen LogP contribution in [-0.2, 0) is 0 Å². The smallest absolute Gasteiger partial charge is 0.263 e. The summed E-state index contributed by atoms with van der Waals surface area (Å²) in [6.07, 6.45) is 5.15. The number of benzene rings is 1. The van der Waals surface area contributed by atoms with Crippen LogP contribution in [0.25, 0.3) is 10.8 Å². The summed E-state index contributed by atoms with van der Waals surface area (Å²) >= 11 is 1.29. The van der Waals surface area contributed by atoms with E-state index in [-0.39, 0.29) is 11.9 Å². The standard InChI is InChI=1S/C23H28N4O3S/c1-5-12-29-18-9-8-17(14-19(18)30-13-6-2)15(3)26-22(28)20-16(4)27-23(31-20)21-24-10-7-11-25-21/h7-11,14-15H,5-6,12-13H2,1-4H3,(H,26,28)/t15-/m1/s1. The number of rotatable bonds is 10. The Morgan fingerprint density at radius 1 is 1.10 bits per heavy atom. The van der Waals surface area contributed by atoms with Crippen LogP contribution in [0.3, 0.4) is 0 Å². The van der Waals surface area contributed by atoms with Crippen LogP contribution in [-0.4, -0.2) is 34.1 Å². The molecule has 0 saturated heterocycles. The summed E-state index contributed by atoms with van der Waals surface area (Å²) in [6.45, 7) is 9.13. The minimum absolute atomic E-state index is 0.174. The van der Waals surface area contributed by atoms with Crippen LogP contribution in [0.15, 0.2) is 36.7 Å². The highest BCUT2D eigenvalue weighted by molar-refractivity contribution is 7.17. The molecular weight excluding hydrogens is 412 g/mol. The molecule has 0 spiro atoms. The average Bonchev–Trinajstić information content (AvgIpc) is 3.18. The van der Waals surface area contributed by atoms with Crippen molar-refractivity contribution in [2.45, 2.75) is 46.6 Å². The van der Waals surface area contributed by atoms with Crippen molar-refractivity contribution in [1.82, 2.24) is 20.3 Å². The van der Waals surface area contributed by atoms with E-state index in [0.29, 0.717) is 40.4 Å². The fourth-order valence-corrected chi connectivity index (χ4v) is 3.83. The number of aromatic nitrogens is 3. The Bertz CT molecular complexity index is 1010. The molecule has 1 N–H and O–H groups in total. The van der Waals surface area contributed by atoms with Gasteiger partial charge in [-0.2, -0.15) is 0 Å². The highest BCUT2D eigenvalue weighted by Gasteiger charge is 2.20. The van der Waals surface area contributed by atoms with Crippen LogP contribution in [0.2, 0.25) is 0 Å². The van der Waals surface area contributed by atoms with Crippen molar-refractivity contribution in [3.8, 4) is 22.3 Å². The van der Waals surface area contributed by atoms with Gasteiger partial charge in [-0.3, -0.25) is 4.79 Å². The first-order valence-electron chi connectivity index (χ1n) is 10.5. The van der Waals surface area contributed by atoms with Gasteiger partial charge in [-0.1, -0.05) is 19.9 Å². The van der Waals surface area contributed by atoms with Crippen LogP contribution < -0.4 is 14.8 Å². The number of aryl methyl sites for hydroxylation is 1. The number of hydrogen-bond donors (Lipinski definition) is 1. The van der Waals surface area contributed by atoms with E-state index >= 15 is 0 Å². The highest BCUT2D eigenvalue weighted by Crippen LogP contribution is 2.31. The molecule has 8 heteroatoms. The summed E-state index contributed by atoms with van der Waals surface area (Å²) in [7, 11) is 0. The largest absolute Gasteiger partial charge is 0.490 e. The first-order valence-corrected chi connectivity index (χ1v) is 11.3. The normalized spacial score (nSPS) is 11.7. The van der Waals surface area contributed by atoms with Crippen molar-refractivity contribution in [3.63, 3.8) is 0 Å². The van der Waals surface area contributed by atoms with Crippen molar-refractivity contribution < 1.29 is 14.3 Å². The van der Waals surface area contributed by atoms with Gasteiger partial charge in [-0.05, 0) is 50.5 Å². The van der Waals surface area contributed by atoms with Crippen molar-refractivity contribution in [1.29, 1.82) is 0 Å². The number of nitrogens with one attached hydrogen (secondary N) is 1. The molecule has 1 amide bonds. The first-order chi connectivity index (χ1) is 15.0. The summed E-state index contributed by atoms with van der Waals surface area (Å²) in [4.78, 5) is 26.4. The van der Waals surface area contributed by atoms with Crippen LogP contribution >= 0.6 is 11.3 Å². The minimum Gasteiger partial charge on any atom is -0.490 e. The summed E-state index contributed by atoms with van der Waals surface area (Å²) in [5, 5.41) is 3.69. The molecule has 3 rings (SSSR count). The SMILES string of the molecule is CCCOc1ccc([C@@H](C)NC(=O)c2sc(-c3ncccn3)nc2C)cc1OCCC. The third-order valence-corrected chi connectivity index (χ3v) is 5.65. The fraction of sp³-hybridized carbons (Fsp3) is 0.391. The summed E-state index contributed by atoms with van der Waals surface area (Å²) in [5.41, 5.74) is 1.60. The maximum atomic E-state index is 12.9. The van der Waals surface area contributed by atoms with Crippen molar-refractivity contribution in [3.05, 3.63) is 52.8 Å². The molecule has 3 aromatic rings. The van der Waals surface area contributed by atoms with Crippen molar-refractivity contribution in [2.75, 3.05) is 13.2 Å². The zero-order chi connectivity index (χ0) is 22.2. The quantitative estimate of drug-likeness (QED) is 0.479. The van der Waals surface area contributed by atoms with Gasteiger partial charge in [0.25, 0.3) is 5.91 Å². The Kier molecular flexibility index (Phi) is 7.94. The van der Waals surface area contributed by atoms with Gasteiger partial charge in [0.2, 0.25) is 0 Å². The van der Waals surface area contributed by atoms with E-state index in [4.69, 9.17) is 9.47 Å². The molecule has 0 aliphatic carbocycles. The predicted octanol–water partition coefficient (Wildman–Crippen LogP) is 4.98. The first kappa shape index (κ1) is 22.7. The van der Waals surface area contributed by atoms with Crippen LogP contribution in [0.5, 0.6) is 11.5 Å². The molecular formula is C23H28N4O3S. The van der Waals surface area contributed by atoms with Gasteiger partial charge in [0.05, 0.1) is 24.9 Å². The van der Waals surface area contributed by atoms with Crippen molar-refractivity contribution in [2.24, 2.45) is 0 Å². The second-order valence-electron chi connectivity index (χ2n) is 7.10. The lowest BCUT2D eigenvalue weighted by molar-refractivity contribution is 0.0943.